The third-order valence-corrected chi connectivity index (χ3v) is 16.6. The van der Waals surface area contributed by atoms with Crippen LogP contribution in [-0.4, -0.2) is 0 Å². The van der Waals surface area contributed by atoms with E-state index in [1.54, 1.807) is 0 Å². The van der Waals surface area contributed by atoms with Crippen molar-refractivity contribution in [2.24, 2.45) is 0 Å². The standard InChI is InChI=1S/C58H32S3/c1-3-16-36-33(13-1)15-11-23-39(36)53-42-21-7-5-19-40(42)52(41-20-6-8-22-43(41)53)35-27-29-50-47(32-35)44-24-12-25-46(56(44)59-50)54-37-17-4-2-14-34(37)31-48-55-51(61-58(48)54)30-28-45-38-18-9-10-26-49(38)60-57(45)55/h1-32H. The number of thiophene rings is 3. The first-order valence-electron chi connectivity index (χ1n) is 20.8. The summed E-state index contributed by atoms with van der Waals surface area (Å²) in [5.74, 6) is 0. The highest BCUT2D eigenvalue weighted by atomic mass is 32.1. The van der Waals surface area contributed by atoms with E-state index in [4.69, 9.17) is 0 Å². The second-order valence-electron chi connectivity index (χ2n) is 16.2. The summed E-state index contributed by atoms with van der Waals surface area (Å²) in [5.41, 5.74) is 7.78. The fourth-order valence-corrected chi connectivity index (χ4v) is 14.2. The molecular weight excluding hydrogens is 793 g/mol. The Morgan fingerprint density at radius 3 is 1.59 bits per heavy atom. The van der Waals surface area contributed by atoms with E-state index in [9.17, 15) is 0 Å². The van der Waals surface area contributed by atoms with Gasteiger partial charge in [0.05, 0.1) is 0 Å². The van der Waals surface area contributed by atoms with Gasteiger partial charge in [0.2, 0.25) is 0 Å². The normalized spacial score (nSPS) is 12.3. The zero-order valence-electron chi connectivity index (χ0n) is 32.7. The Morgan fingerprint density at radius 1 is 0.246 bits per heavy atom. The predicted molar refractivity (Wildman–Crippen MR) is 271 cm³/mol. The summed E-state index contributed by atoms with van der Waals surface area (Å²) in [5, 5.41) is 18.3. The number of benzene rings is 11. The summed E-state index contributed by atoms with van der Waals surface area (Å²) < 4.78 is 8.12. The zero-order valence-corrected chi connectivity index (χ0v) is 35.1. The summed E-state index contributed by atoms with van der Waals surface area (Å²) in [7, 11) is 0. The van der Waals surface area contributed by atoms with Gasteiger partial charge in [0.15, 0.2) is 0 Å². The van der Waals surface area contributed by atoms with Crippen molar-refractivity contribution < 1.29 is 0 Å². The van der Waals surface area contributed by atoms with E-state index in [0.29, 0.717) is 0 Å². The summed E-state index contributed by atoms with van der Waals surface area (Å²) in [4.78, 5) is 0. The van der Waals surface area contributed by atoms with Crippen LogP contribution in [0.25, 0.3) is 137 Å². The fourth-order valence-electron chi connectivity index (χ4n) is 10.4. The minimum atomic E-state index is 1.25. The molecule has 0 bridgehead atoms. The molecule has 3 aromatic heterocycles. The SMILES string of the molecule is c1ccc2c(-c3c4ccccc4c(-c4ccc5sc6c(-c7c8ccccc8cc8c7sc7ccc9c%10ccccc%10sc9c78)cccc6c5c4)c4ccccc34)cccc2c1. The second kappa shape index (κ2) is 12.8. The van der Waals surface area contributed by atoms with Gasteiger partial charge in [-0.3, -0.25) is 0 Å². The van der Waals surface area contributed by atoms with Crippen molar-refractivity contribution in [2.75, 3.05) is 0 Å². The van der Waals surface area contributed by atoms with E-state index in [1.165, 1.54) is 137 Å². The van der Waals surface area contributed by atoms with Gasteiger partial charge >= 0.3 is 0 Å². The highest BCUT2D eigenvalue weighted by molar-refractivity contribution is 7.30. The van der Waals surface area contributed by atoms with Crippen LogP contribution >= 0.6 is 34.0 Å². The number of hydrogen-bond acceptors (Lipinski definition) is 3. The molecule has 61 heavy (non-hydrogen) atoms. The van der Waals surface area contributed by atoms with Crippen LogP contribution in [0.3, 0.4) is 0 Å². The molecule has 282 valence electrons. The molecule has 0 unspecified atom stereocenters. The number of hydrogen-bond donors (Lipinski definition) is 0. The molecule has 0 spiro atoms. The Morgan fingerprint density at radius 2 is 0.787 bits per heavy atom. The molecule has 3 heteroatoms. The quantitative estimate of drug-likeness (QED) is 0.156. The molecule has 0 saturated heterocycles. The lowest BCUT2D eigenvalue weighted by molar-refractivity contribution is 1.69. The predicted octanol–water partition coefficient (Wildman–Crippen LogP) is 18.4. The highest BCUT2D eigenvalue weighted by Crippen LogP contribution is 2.52. The van der Waals surface area contributed by atoms with Crippen LogP contribution < -0.4 is 0 Å². The Balaban J connectivity index is 1.02. The van der Waals surface area contributed by atoms with Gasteiger partial charge in [-0.15, -0.1) is 34.0 Å². The lowest BCUT2D eigenvalue weighted by Gasteiger charge is -2.19. The van der Waals surface area contributed by atoms with Gasteiger partial charge in [-0.1, -0.05) is 164 Å². The van der Waals surface area contributed by atoms with Crippen LogP contribution in [0.5, 0.6) is 0 Å². The number of fused-ring (bicyclic) bond motifs is 14. The molecule has 0 radical (unpaired) electrons. The maximum Gasteiger partial charge on any atom is 0.0448 e. The Labute approximate surface area is 362 Å². The summed E-state index contributed by atoms with van der Waals surface area (Å²) in [6.07, 6.45) is 0. The third-order valence-electron chi connectivity index (χ3n) is 13.0. The molecule has 0 saturated carbocycles. The average Bonchev–Trinajstić information content (AvgIpc) is 4.01. The molecule has 0 aliphatic heterocycles. The summed E-state index contributed by atoms with van der Waals surface area (Å²) in [6.45, 7) is 0. The summed E-state index contributed by atoms with van der Waals surface area (Å²) >= 11 is 5.81. The van der Waals surface area contributed by atoms with Gasteiger partial charge in [0.25, 0.3) is 0 Å². The van der Waals surface area contributed by atoms with Crippen molar-refractivity contribution in [3.8, 4) is 33.4 Å². The number of rotatable bonds is 3. The van der Waals surface area contributed by atoms with E-state index >= 15 is 0 Å². The largest absolute Gasteiger partial charge is 0.135 e. The van der Waals surface area contributed by atoms with Crippen molar-refractivity contribution in [2.45, 2.75) is 0 Å². The average molecular weight is 825 g/mol. The van der Waals surface area contributed by atoms with Crippen molar-refractivity contribution in [3.05, 3.63) is 194 Å². The molecule has 0 aliphatic rings. The molecule has 11 aromatic carbocycles. The summed E-state index contributed by atoms with van der Waals surface area (Å²) in [6, 6.07) is 72.8. The van der Waals surface area contributed by atoms with Crippen LogP contribution in [0.15, 0.2) is 194 Å². The first-order valence-corrected chi connectivity index (χ1v) is 23.3. The highest BCUT2D eigenvalue weighted by Gasteiger charge is 2.22. The van der Waals surface area contributed by atoms with Crippen LogP contribution in [0, 0.1) is 0 Å². The minimum Gasteiger partial charge on any atom is -0.135 e. The fraction of sp³-hybridized carbons (Fsp3) is 0. The smallest absolute Gasteiger partial charge is 0.0448 e. The molecule has 0 amide bonds. The lowest BCUT2D eigenvalue weighted by Crippen LogP contribution is -1.91. The van der Waals surface area contributed by atoms with E-state index in [0.717, 1.165) is 0 Å². The molecule has 0 N–H and O–H groups in total. The van der Waals surface area contributed by atoms with Crippen molar-refractivity contribution in [1.29, 1.82) is 0 Å². The second-order valence-corrected chi connectivity index (χ2v) is 19.4. The lowest BCUT2D eigenvalue weighted by atomic mass is 9.84. The molecule has 14 aromatic rings. The topological polar surface area (TPSA) is 0 Å². The van der Waals surface area contributed by atoms with Gasteiger partial charge in [0.1, 0.15) is 0 Å². The van der Waals surface area contributed by atoms with Crippen molar-refractivity contribution in [1.82, 2.24) is 0 Å². The van der Waals surface area contributed by atoms with Gasteiger partial charge in [-0.2, -0.15) is 0 Å². The maximum atomic E-state index is 2.47. The molecular formula is C58H32S3. The zero-order chi connectivity index (χ0) is 39.8. The molecule has 0 atom stereocenters. The third kappa shape index (κ3) is 4.80. The van der Waals surface area contributed by atoms with Crippen molar-refractivity contribution >= 4 is 138 Å². The van der Waals surface area contributed by atoms with Crippen LogP contribution in [0.1, 0.15) is 0 Å². The Hall–Kier alpha value is -6.88. The van der Waals surface area contributed by atoms with Gasteiger partial charge in [0, 0.05) is 71.6 Å². The van der Waals surface area contributed by atoms with Crippen LogP contribution in [0.2, 0.25) is 0 Å². The van der Waals surface area contributed by atoms with Crippen molar-refractivity contribution in [3.63, 3.8) is 0 Å². The maximum absolute atomic E-state index is 2.47. The van der Waals surface area contributed by atoms with Gasteiger partial charge in [-0.25, -0.2) is 0 Å². The Bertz CT molecular complexity index is 4110. The van der Waals surface area contributed by atoms with Gasteiger partial charge in [-0.05, 0) is 95.7 Å². The van der Waals surface area contributed by atoms with Gasteiger partial charge < -0.3 is 0 Å². The van der Waals surface area contributed by atoms with E-state index < -0.39 is 0 Å². The van der Waals surface area contributed by atoms with E-state index in [2.05, 4.69) is 194 Å². The molecule has 0 nitrogen and oxygen atoms in total. The minimum absolute atomic E-state index is 1.25. The molecule has 3 heterocycles. The van der Waals surface area contributed by atoms with E-state index in [1.807, 2.05) is 34.0 Å². The molecule has 0 fully saturated rings. The molecule has 14 rings (SSSR count). The first kappa shape index (κ1) is 33.9. The monoisotopic (exact) mass is 824 g/mol. The molecule has 0 aliphatic carbocycles. The van der Waals surface area contributed by atoms with Crippen LogP contribution in [-0.2, 0) is 0 Å². The van der Waals surface area contributed by atoms with Crippen LogP contribution in [0.4, 0.5) is 0 Å². The first-order chi connectivity index (χ1) is 30.3. The van der Waals surface area contributed by atoms with E-state index in [-0.39, 0.29) is 0 Å². The Kier molecular flexibility index (Phi) is 7.12.